The number of hydrogen-bond acceptors (Lipinski definition) is 7. The molecule has 2 aliphatic heterocycles. The Bertz CT molecular complexity index is 1300. The molecule has 0 radical (unpaired) electrons. The quantitative estimate of drug-likeness (QED) is 0.265. The van der Waals surface area contributed by atoms with Crippen LogP contribution in [0.1, 0.15) is 54.3 Å². The van der Waals surface area contributed by atoms with Crippen molar-refractivity contribution in [3.05, 3.63) is 72.8 Å². The number of sulfonamides is 1. The van der Waals surface area contributed by atoms with E-state index in [0.29, 0.717) is 13.2 Å². The number of thioether (sulfide) groups is 2. The van der Waals surface area contributed by atoms with Crippen LogP contribution in [0.2, 0.25) is 0 Å². The van der Waals surface area contributed by atoms with Crippen molar-refractivity contribution >= 4 is 56.5 Å². The number of nitrogens with one attached hydrogen (secondary N) is 1. The van der Waals surface area contributed by atoms with Crippen LogP contribution in [0.25, 0.3) is 0 Å². The van der Waals surface area contributed by atoms with Crippen molar-refractivity contribution in [3.63, 3.8) is 0 Å². The maximum absolute atomic E-state index is 13.7. The highest BCUT2D eigenvalue weighted by Gasteiger charge is 2.42. The molecule has 5 nitrogen and oxygen atoms in total. The first-order valence-corrected chi connectivity index (χ1v) is 16.4. The second kappa shape index (κ2) is 11.3. The van der Waals surface area contributed by atoms with Crippen molar-refractivity contribution in [1.82, 2.24) is 4.72 Å². The van der Waals surface area contributed by atoms with Gasteiger partial charge in [-0.3, -0.25) is 0 Å². The minimum absolute atomic E-state index is 0.0278. The number of fused-ring (bicyclic) bond motifs is 1. The van der Waals surface area contributed by atoms with Gasteiger partial charge < -0.3 is 9.47 Å². The number of rotatable bonds is 8. The van der Waals surface area contributed by atoms with E-state index in [9.17, 15) is 8.42 Å². The first kappa shape index (κ1) is 27.9. The standard InChI is InChI=1S/C26H32ClNO4S4/c1-16(2)18(4)23(27)25(31-5)28-36(29,30)22-7-10-33-24(22)26(34-8-6-9-35-26)13-19-12-21-15-32-14-20(21)11-17(19)3/h7,10-12,28H,6,8-9,13-15H2,1-5H3/b25-23+. The molecule has 2 aromatic rings. The average Bonchev–Trinajstić information content (AvgIpc) is 3.53. The molecule has 3 heterocycles. The molecule has 1 N–H and O–H groups in total. The lowest BCUT2D eigenvalue weighted by molar-refractivity contribution is 0.134. The van der Waals surface area contributed by atoms with Crippen molar-refractivity contribution in [2.45, 2.75) is 62.7 Å². The summed E-state index contributed by atoms with van der Waals surface area (Å²) < 4.78 is 40.7. The Hall–Kier alpha value is -1.10. The average molecular weight is 586 g/mol. The summed E-state index contributed by atoms with van der Waals surface area (Å²) >= 11 is 11.7. The summed E-state index contributed by atoms with van der Waals surface area (Å²) in [6, 6.07) is 6.17. The number of benzene rings is 1. The normalized spacial score (nSPS) is 17.8. The Morgan fingerprint density at radius 2 is 1.83 bits per heavy atom. The van der Waals surface area contributed by atoms with Crippen LogP contribution in [-0.4, -0.2) is 27.0 Å². The van der Waals surface area contributed by atoms with Crippen LogP contribution in [0.4, 0.5) is 0 Å². The van der Waals surface area contributed by atoms with E-state index in [4.69, 9.17) is 21.1 Å². The van der Waals surface area contributed by atoms with E-state index in [-0.39, 0.29) is 15.8 Å². The molecule has 4 rings (SSSR count). The van der Waals surface area contributed by atoms with Gasteiger partial charge in [-0.05, 0) is 84.9 Å². The van der Waals surface area contributed by atoms with Gasteiger partial charge in [0.15, 0.2) is 0 Å². The maximum atomic E-state index is 13.7. The van der Waals surface area contributed by atoms with E-state index in [0.717, 1.165) is 40.4 Å². The molecule has 0 spiro atoms. The SMILES string of the molecule is CO/C(NS(=O)(=O)c1ccsc1C1(Cc2cc3c(cc2C)COC3)SCCCS1)=C(/Cl)C(C)=C(C)C. The molecule has 0 atom stereocenters. The lowest BCUT2D eigenvalue weighted by Gasteiger charge is -2.37. The van der Waals surface area contributed by atoms with Crippen molar-refractivity contribution in [3.8, 4) is 0 Å². The molecular weight excluding hydrogens is 554 g/mol. The van der Waals surface area contributed by atoms with Crippen molar-refractivity contribution in [2.75, 3.05) is 18.6 Å². The summed E-state index contributed by atoms with van der Waals surface area (Å²) in [6.45, 7) is 9.12. The van der Waals surface area contributed by atoms with Gasteiger partial charge >= 0.3 is 0 Å². The fraction of sp³-hybridized carbons (Fsp3) is 0.462. The van der Waals surface area contributed by atoms with Gasteiger partial charge in [0.25, 0.3) is 10.0 Å². The molecular formula is C26H32ClNO4S4. The van der Waals surface area contributed by atoms with Gasteiger partial charge in [-0.1, -0.05) is 29.3 Å². The third kappa shape index (κ3) is 5.66. The summed E-state index contributed by atoms with van der Waals surface area (Å²) in [4.78, 5) is 1.14. The highest BCUT2D eigenvalue weighted by atomic mass is 35.5. The van der Waals surface area contributed by atoms with Crippen molar-refractivity contribution < 1.29 is 17.9 Å². The second-order valence-electron chi connectivity index (χ2n) is 9.21. The van der Waals surface area contributed by atoms with Gasteiger partial charge in [0, 0.05) is 6.42 Å². The monoisotopic (exact) mass is 585 g/mol. The molecule has 1 fully saturated rings. The van der Waals surface area contributed by atoms with Crippen LogP contribution >= 0.6 is 46.5 Å². The maximum Gasteiger partial charge on any atom is 0.265 e. The predicted molar refractivity (Wildman–Crippen MR) is 153 cm³/mol. The molecule has 1 aromatic carbocycles. The Kier molecular flexibility index (Phi) is 8.79. The Morgan fingerprint density at radius 3 is 2.47 bits per heavy atom. The van der Waals surface area contributed by atoms with Crippen LogP contribution in [-0.2, 0) is 43.2 Å². The molecule has 196 valence electrons. The van der Waals surface area contributed by atoms with E-state index in [1.165, 1.54) is 40.7 Å². The Balaban J connectivity index is 1.74. The van der Waals surface area contributed by atoms with Crippen LogP contribution < -0.4 is 4.72 Å². The van der Waals surface area contributed by atoms with Gasteiger partial charge in [-0.25, -0.2) is 13.1 Å². The summed E-state index contributed by atoms with van der Waals surface area (Å²) in [5.74, 6) is 2.00. The van der Waals surface area contributed by atoms with Crippen molar-refractivity contribution in [2.24, 2.45) is 0 Å². The Labute approximate surface area is 232 Å². The number of halogens is 1. The zero-order valence-corrected chi connectivity index (χ0v) is 25.2. The topological polar surface area (TPSA) is 64.6 Å². The van der Waals surface area contributed by atoms with Crippen LogP contribution in [0.3, 0.4) is 0 Å². The van der Waals surface area contributed by atoms with Gasteiger partial charge in [-0.2, -0.15) is 0 Å². The largest absolute Gasteiger partial charge is 0.481 e. The number of aryl methyl sites for hydroxylation is 1. The smallest absolute Gasteiger partial charge is 0.265 e. The van der Waals surface area contributed by atoms with Gasteiger partial charge in [0.05, 0.1) is 25.2 Å². The molecule has 0 bridgehead atoms. The highest BCUT2D eigenvalue weighted by Crippen LogP contribution is 2.56. The third-order valence-electron chi connectivity index (χ3n) is 6.53. The number of allylic oxidation sites excluding steroid dienone is 3. The molecule has 1 saturated heterocycles. The minimum Gasteiger partial charge on any atom is -0.481 e. The fourth-order valence-corrected chi connectivity index (χ4v) is 11.2. The third-order valence-corrected chi connectivity index (χ3v) is 13.1. The lowest BCUT2D eigenvalue weighted by atomic mass is 9.97. The number of hydrogen-bond donors (Lipinski definition) is 1. The number of thiophene rings is 1. The van der Waals surface area contributed by atoms with Gasteiger partial charge in [0.2, 0.25) is 5.88 Å². The Morgan fingerprint density at radius 1 is 1.17 bits per heavy atom. The second-order valence-corrected chi connectivity index (χ2v) is 15.2. The summed E-state index contributed by atoms with van der Waals surface area (Å²) in [6.07, 6.45) is 1.85. The van der Waals surface area contributed by atoms with Crippen LogP contribution in [0.5, 0.6) is 0 Å². The summed E-state index contributed by atoms with van der Waals surface area (Å²) in [5, 5.41) is 2.12. The highest BCUT2D eigenvalue weighted by molar-refractivity contribution is 8.18. The van der Waals surface area contributed by atoms with E-state index in [2.05, 4.69) is 23.8 Å². The molecule has 10 heteroatoms. The van der Waals surface area contributed by atoms with Gasteiger partial charge in [0.1, 0.15) is 14.0 Å². The van der Waals surface area contributed by atoms with E-state index < -0.39 is 14.1 Å². The molecule has 1 aromatic heterocycles. The van der Waals surface area contributed by atoms with Crippen LogP contribution in [0, 0.1) is 6.92 Å². The summed E-state index contributed by atoms with van der Waals surface area (Å²) in [7, 11) is -2.52. The molecule has 36 heavy (non-hydrogen) atoms. The first-order chi connectivity index (χ1) is 17.1. The molecule has 0 amide bonds. The van der Waals surface area contributed by atoms with E-state index >= 15 is 0 Å². The summed E-state index contributed by atoms with van der Waals surface area (Å²) in [5.41, 5.74) is 6.70. The predicted octanol–water partition coefficient (Wildman–Crippen LogP) is 7.04. The zero-order valence-electron chi connectivity index (χ0n) is 21.2. The van der Waals surface area contributed by atoms with Gasteiger partial charge in [-0.15, -0.1) is 34.9 Å². The molecule has 0 aliphatic carbocycles. The van der Waals surface area contributed by atoms with E-state index in [1.54, 1.807) is 6.07 Å². The number of ether oxygens (including phenoxy) is 2. The fourth-order valence-electron chi connectivity index (χ4n) is 4.26. The van der Waals surface area contributed by atoms with Crippen molar-refractivity contribution in [1.29, 1.82) is 0 Å². The zero-order chi connectivity index (χ0) is 26.1. The molecule has 2 aliphatic rings. The molecule has 0 unspecified atom stereocenters. The molecule has 0 saturated carbocycles. The lowest BCUT2D eigenvalue weighted by Crippen LogP contribution is -2.30. The van der Waals surface area contributed by atoms with Crippen LogP contribution in [0.15, 0.2) is 50.5 Å². The number of methoxy groups -OCH3 is 1. The van der Waals surface area contributed by atoms with E-state index in [1.807, 2.05) is 49.7 Å². The minimum atomic E-state index is -3.94. The first-order valence-electron chi connectivity index (χ1n) is 11.7.